The van der Waals surface area contributed by atoms with Crippen LogP contribution in [-0.4, -0.2) is 25.2 Å². The summed E-state index contributed by atoms with van der Waals surface area (Å²) in [5.74, 6) is -0.490. The van der Waals surface area contributed by atoms with E-state index in [0.717, 1.165) is 15.4 Å². The lowest BCUT2D eigenvalue weighted by molar-refractivity contribution is 0.0851. The highest BCUT2D eigenvalue weighted by Gasteiger charge is 2.41. The third kappa shape index (κ3) is 3.39. The van der Waals surface area contributed by atoms with Gasteiger partial charge >= 0.3 is 10.2 Å². The van der Waals surface area contributed by atoms with Gasteiger partial charge in [-0.3, -0.25) is 9.10 Å². The molecule has 1 aliphatic rings. The van der Waals surface area contributed by atoms with Gasteiger partial charge in [-0.2, -0.15) is 8.42 Å². The van der Waals surface area contributed by atoms with Crippen LogP contribution in [0.4, 0.5) is 5.69 Å². The van der Waals surface area contributed by atoms with Gasteiger partial charge in [0.2, 0.25) is 0 Å². The minimum Gasteiger partial charge on any atom is -0.268 e. The molecule has 5 nitrogen and oxygen atoms in total. The maximum Gasteiger partial charge on any atom is 0.329 e. The smallest absolute Gasteiger partial charge is 0.268 e. The van der Waals surface area contributed by atoms with Gasteiger partial charge in [-0.25, -0.2) is 4.31 Å². The molecule has 4 rings (SSSR count). The SMILES string of the molecule is O=C1c2ccccc2N(CCc2ccccc2)S(=O)(=O)N1Cc1ccccc1. The van der Waals surface area contributed by atoms with Crippen LogP contribution in [0.3, 0.4) is 0 Å². The highest BCUT2D eigenvalue weighted by atomic mass is 32.2. The molecule has 0 radical (unpaired) electrons. The fourth-order valence-corrected chi connectivity index (χ4v) is 4.96. The molecule has 3 aromatic rings. The fourth-order valence-electron chi connectivity index (χ4n) is 3.37. The van der Waals surface area contributed by atoms with Crippen molar-refractivity contribution in [2.45, 2.75) is 13.0 Å². The van der Waals surface area contributed by atoms with Crippen LogP contribution in [0, 0.1) is 0 Å². The van der Waals surface area contributed by atoms with Crippen LogP contribution in [0.5, 0.6) is 0 Å². The van der Waals surface area contributed by atoms with Gasteiger partial charge in [-0.15, -0.1) is 0 Å². The van der Waals surface area contributed by atoms with Crippen molar-refractivity contribution in [3.8, 4) is 0 Å². The number of hydrogen-bond acceptors (Lipinski definition) is 3. The summed E-state index contributed by atoms with van der Waals surface area (Å²) in [5.41, 5.74) is 2.65. The van der Waals surface area contributed by atoms with E-state index in [0.29, 0.717) is 17.7 Å². The molecule has 0 bridgehead atoms. The first-order valence-corrected chi connectivity index (χ1v) is 10.5. The standard InChI is InChI=1S/C22H20N2O3S/c25-22-20-13-7-8-14-21(20)23(16-15-18-9-3-1-4-10-18)28(26,27)24(22)17-19-11-5-2-6-12-19/h1-14H,15-17H2. The highest BCUT2D eigenvalue weighted by Crippen LogP contribution is 2.33. The van der Waals surface area contributed by atoms with E-state index in [4.69, 9.17) is 0 Å². The van der Waals surface area contributed by atoms with Crippen molar-refractivity contribution in [1.82, 2.24) is 4.31 Å². The summed E-state index contributed by atoms with van der Waals surface area (Å²) in [7, 11) is -3.98. The van der Waals surface area contributed by atoms with E-state index < -0.39 is 16.1 Å². The number of benzene rings is 3. The van der Waals surface area contributed by atoms with E-state index in [1.54, 1.807) is 24.3 Å². The van der Waals surface area contributed by atoms with E-state index >= 15 is 0 Å². The molecule has 0 aromatic heterocycles. The van der Waals surface area contributed by atoms with Crippen molar-refractivity contribution in [2.75, 3.05) is 10.8 Å². The van der Waals surface area contributed by atoms with Gasteiger partial charge in [-0.1, -0.05) is 72.8 Å². The Morgan fingerprint density at radius 3 is 1.93 bits per heavy atom. The molecule has 28 heavy (non-hydrogen) atoms. The molecular weight excluding hydrogens is 372 g/mol. The second-order valence-electron chi connectivity index (χ2n) is 6.63. The third-order valence-electron chi connectivity index (χ3n) is 4.80. The van der Waals surface area contributed by atoms with Crippen LogP contribution in [0.2, 0.25) is 0 Å². The number of fused-ring (bicyclic) bond motifs is 1. The fraction of sp³-hybridized carbons (Fsp3) is 0.136. The van der Waals surface area contributed by atoms with E-state index in [9.17, 15) is 13.2 Å². The first-order valence-electron chi connectivity index (χ1n) is 9.09. The van der Waals surface area contributed by atoms with Crippen molar-refractivity contribution in [3.63, 3.8) is 0 Å². The van der Waals surface area contributed by atoms with Crippen LogP contribution in [-0.2, 0) is 23.2 Å². The quantitative estimate of drug-likeness (QED) is 0.666. The van der Waals surface area contributed by atoms with E-state index in [-0.39, 0.29) is 13.1 Å². The Bertz CT molecular complexity index is 1080. The van der Waals surface area contributed by atoms with Crippen molar-refractivity contribution in [2.24, 2.45) is 0 Å². The van der Waals surface area contributed by atoms with Gasteiger partial charge in [0, 0.05) is 6.54 Å². The maximum atomic E-state index is 13.3. The number of amides is 1. The zero-order valence-electron chi connectivity index (χ0n) is 15.2. The van der Waals surface area contributed by atoms with Gasteiger partial charge in [0.05, 0.1) is 17.8 Å². The number of hydrogen-bond donors (Lipinski definition) is 0. The highest BCUT2D eigenvalue weighted by molar-refractivity contribution is 7.91. The number of carbonyl (C=O) groups excluding carboxylic acids is 1. The summed E-state index contributed by atoms with van der Waals surface area (Å²) in [6, 6.07) is 25.8. The van der Waals surface area contributed by atoms with Crippen LogP contribution < -0.4 is 4.31 Å². The van der Waals surface area contributed by atoms with Crippen molar-refractivity contribution >= 4 is 21.8 Å². The first kappa shape index (κ1) is 18.3. The summed E-state index contributed by atoms with van der Waals surface area (Å²) in [4.78, 5) is 13.0. The molecule has 0 fully saturated rings. The van der Waals surface area contributed by atoms with Crippen molar-refractivity contribution in [1.29, 1.82) is 0 Å². The Morgan fingerprint density at radius 1 is 0.679 bits per heavy atom. The predicted molar refractivity (Wildman–Crippen MR) is 109 cm³/mol. The minimum atomic E-state index is -3.98. The number of rotatable bonds is 5. The Kier molecular flexibility index (Phi) is 4.88. The second-order valence-corrected chi connectivity index (χ2v) is 8.41. The number of carbonyl (C=O) groups is 1. The molecule has 1 aliphatic heterocycles. The van der Waals surface area contributed by atoms with Crippen LogP contribution in [0.1, 0.15) is 21.5 Å². The van der Waals surface area contributed by atoms with Gasteiger partial charge in [0.15, 0.2) is 0 Å². The molecule has 0 aliphatic carbocycles. The molecule has 3 aromatic carbocycles. The van der Waals surface area contributed by atoms with Crippen LogP contribution in [0.15, 0.2) is 84.9 Å². The summed E-state index contributed by atoms with van der Waals surface area (Å²) in [6.07, 6.45) is 0.557. The molecule has 0 N–H and O–H groups in total. The average molecular weight is 392 g/mol. The molecule has 0 atom stereocenters. The Balaban J connectivity index is 1.71. The zero-order chi connectivity index (χ0) is 19.6. The minimum absolute atomic E-state index is 0.0121. The van der Waals surface area contributed by atoms with E-state index in [2.05, 4.69) is 0 Å². The lowest BCUT2D eigenvalue weighted by Gasteiger charge is -2.37. The number of anilines is 1. The molecule has 1 amide bonds. The predicted octanol–water partition coefficient (Wildman–Crippen LogP) is 3.64. The molecule has 0 saturated carbocycles. The Labute approximate surface area is 165 Å². The molecular formula is C22H20N2O3S. The molecule has 0 spiro atoms. The normalized spacial score (nSPS) is 15.4. The van der Waals surface area contributed by atoms with Gasteiger partial charge in [-0.05, 0) is 29.7 Å². The molecule has 0 unspecified atom stereocenters. The largest absolute Gasteiger partial charge is 0.329 e. The summed E-state index contributed by atoms with van der Waals surface area (Å²) < 4.78 is 29.0. The zero-order valence-corrected chi connectivity index (χ0v) is 16.0. The van der Waals surface area contributed by atoms with E-state index in [1.165, 1.54) is 4.31 Å². The Morgan fingerprint density at radius 2 is 1.25 bits per heavy atom. The molecule has 6 heteroatoms. The average Bonchev–Trinajstić information content (AvgIpc) is 2.72. The lowest BCUT2D eigenvalue weighted by Crippen LogP contribution is -2.51. The van der Waals surface area contributed by atoms with Crippen LogP contribution in [0.25, 0.3) is 0 Å². The molecule has 0 saturated heterocycles. The molecule has 1 heterocycles. The molecule has 142 valence electrons. The first-order chi connectivity index (χ1) is 13.6. The number of nitrogens with zero attached hydrogens (tertiary/aromatic N) is 2. The lowest BCUT2D eigenvalue weighted by atomic mass is 10.1. The number of para-hydroxylation sites is 1. The van der Waals surface area contributed by atoms with Crippen LogP contribution >= 0.6 is 0 Å². The van der Waals surface area contributed by atoms with Gasteiger partial charge in [0.25, 0.3) is 5.91 Å². The third-order valence-corrected chi connectivity index (χ3v) is 6.59. The van der Waals surface area contributed by atoms with Gasteiger partial charge < -0.3 is 0 Å². The topological polar surface area (TPSA) is 57.7 Å². The summed E-state index contributed by atoms with van der Waals surface area (Å²) >= 11 is 0. The second kappa shape index (κ2) is 7.48. The summed E-state index contributed by atoms with van der Waals surface area (Å²) in [6.45, 7) is 0.278. The maximum absolute atomic E-state index is 13.3. The van der Waals surface area contributed by atoms with Crippen molar-refractivity contribution < 1.29 is 13.2 Å². The summed E-state index contributed by atoms with van der Waals surface area (Å²) in [5, 5.41) is 0. The van der Waals surface area contributed by atoms with E-state index in [1.807, 2.05) is 60.7 Å². The monoisotopic (exact) mass is 392 g/mol. The Hall–Kier alpha value is -3.12. The van der Waals surface area contributed by atoms with Gasteiger partial charge in [0.1, 0.15) is 0 Å². The van der Waals surface area contributed by atoms with Crippen molar-refractivity contribution in [3.05, 3.63) is 102 Å².